The molecule has 2 nitrogen and oxygen atoms in total. The molecular formula is C15H28N2S. The van der Waals surface area contributed by atoms with E-state index in [2.05, 4.69) is 16.7 Å². The highest BCUT2D eigenvalue weighted by molar-refractivity contribution is 7.99. The molecule has 3 rings (SSSR count). The highest BCUT2D eigenvalue weighted by Crippen LogP contribution is 2.42. The Morgan fingerprint density at radius 2 is 1.78 bits per heavy atom. The molecule has 2 heterocycles. The number of thioether (sulfide) groups is 1. The average molecular weight is 268 g/mol. The van der Waals surface area contributed by atoms with Crippen LogP contribution < -0.4 is 5.73 Å². The van der Waals surface area contributed by atoms with Crippen molar-refractivity contribution in [2.75, 3.05) is 24.6 Å². The lowest BCUT2D eigenvalue weighted by atomic mass is 9.75. The Morgan fingerprint density at radius 3 is 2.56 bits per heavy atom. The first-order valence-electron chi connectivity index (χ1n) is 7.90. The van der Waals surface area contributed by atoms with E-state index in [1.54, 1.807) is 0 Å². The van der Waals surface area contributed by atoms with Gasteiger partial charge in [0.2, 0.25) is 0 Å². The van der Waals surface area contributed by atoms with Crippen LogP contribution in [-0.2, 0) is 0 Å². The summed E-state index contributed by atoms with van der Waals surface area (Å²) in [4.78, 5) is 2.89. The summed E-state index contributed by atoms with van der Waals surface area (Å²) >= 11 is 2.12. The fourth-order valence-corrected chi connectivity index (χ4v) is 5.83. The molecule has 0 aromatic carbocycles. The molecule has 2 unspecified atom stereocenters. The van der Waals surface area contributed by atoms with Crippen molar-refractivity contribution in [3.05, 3.63) is 0 Å². The van der Waals surface area contributed by atoms with Crippen LogP contribution >= 0.6 is 11.8 Å². The van der Waals surface area contributed by atoms with E-state index in [1.165, 1.54) is 69.4 Å². The zero-order valence-corrected chi connectivity index (χ0v) is 12.4. The first-order chi connectivity index (χ1) is 8.86. The molecule has 0 aromatic heterocycles. The van der Waals surface area contributed by atoms with Gasteiger partial charge in [-0.05, 0) is 62.5 Å². The van der Waals surface area contributed by atoms with Crippen LogP contribution in [0.3, 0.4) is 0 Å². The molecule has 1 saturated carbocycles. The van der Waals surface area contributed by atoms with Gasteiger partial charge in [0, 0.05) is 18.1 Å². The Morgan fingerprint density at radius 1 is 1.06 bits per heavy atom. The third-order valence-electron chi connectivity index (χ3n) is 5.66. The summed E-state index contributed by atoms with van der Waals surface area (Å²) in [6.07, 6.45) is 11.4. The normalized spacial score (nSPS) is 37.2. The number of nitrogens with two attached hydrogens (primary N) is 1. The van der Waals surface area contributed by atoms with Crippen molar-refractivity contribution in [3.8, 4) is 0 Å². The van der Waals surface area contributed by atoms with Gasteiger partial charge in [0.05, 0.1) is 0 Å². The van der Waals surface area contributed by atoms with E-state index in [9.17, 15) is 0 Å². The molecular weight excluding hydrogens is 240 g/mol. The maximum Gasteiger partial charge on any atom is 0.0350 e. The Hall–Kier alpha value is 0.270. The second-order valence-electron chi connectivity index (χ2n) is 6.49. The lowest BCUT2D eigenvalue weighted by Crippen LogP contribution is -2.63. The van der Waals surface area contributed by atoms with Crippen molar-refractivity contribution in [1.82, 2.24) is 4.90 Å². The Balaban J connectivity index is 1.79. The largest absolute Gasteiger partial charge is 0.329 e. The van der Waals surface area contributed by atoms with E-state index in [4.69, 9.17) is 5.73 Å². The minimum atomic E-state index is 0.367. The molecule has 2 N–H and O–H groups in total. The number of fused-ring (bicyclic) bond motifs is 1. The summed E-state index contributed by atoms with van der Waals surface area (Å²) in [7, 11) is 0. The molecule has 2 saturated heterocycles. The predicted octanol–water partition coefficient (Wildman–Crippen LogP) is 2.87. The van der Waals surface area contributed by atoms with Crippen molar-refractivity contribution in [2.45, 2.75) is 62.9 Å². The first-order valence-corrected chi connectivity index (χ1v) is 9.06. The van der Waals surface area contributed by atoms with Gasteiger partial charge in [0.15, 0.2) is 0 Å². The van der Waals surface area contributed by atoms with Crippen LogP contribution in [0, 0.1) is 5.92 Å². The van der Waals surface area contributed by atoms with Crippen molar-refractivity contribution in [1.29, 1.82) is 0 Å². The number of piperidine rings is 1. The fraction of sp³-hybridized carbons (Fsp3) is 1.00. The van der Waals surface area contributed by atoms with E-state index >= 15 is 0 Å². The summed E-state index contributed by atoms with van der Waals surface area (Å²) in [5.41, 5.74) is 6.61. The van der Waals surface area contributed by atoms with Gasteiger partial charge in [-0.3, -0.25) is 4.90 Å². The summed E-state index contributed by atoms with van der Waals surface area (Å²) in [5.74, 6) is 3.64. The monoisotopic (exact) mass is 268 g/mol. The number of hydrogen-bond acceptors (Lipinski definition) is 3. The summed E-state index contributed by atoms with van der Waals surface area (Å²) < 4.78 is 0. The molecule has 0 radical (unpaired) electrons. The molecule has 2 aliphatic heterocycles. The van der Waals surface area contributed by atoms with E-state index in [1.807, 2.05) is 0 Å². The number of rotatable bonds is 2. The Bertz CT molecular complexity index is 274. The molecule has 3 heteroatoms. The summed E-state index contributed by atoms with van der Waals surface area (Å²) in [5, 5.41) is 0. The number of hydrogen-bond donors (Lipinski definition) is 1. The van der Waals surface area contributed by atoms with Gasteiger partial charge in [0.1, 0.15) is 0 Å². The van der Waals surface area contributed by atoms with Crippen LogP contribution in [0.1, 0.15) is 51.4 Å². The third-order valence-corrected chi connectivity index (χ3v) is 6.64. The lowest BCUT2D eigenvalue weighted by molar-refractivity contribution is -0.0299. The van der Waals surface area contributed by atoms with Crippen molar-refractivity contribution in [3.63, 3.8) is 0 Å². The van der Waals surface area contributed by atoms with Crippen LogP contribution in [0.25, 0.3) is 0 Å². The first kappa shape index (κ1) is 13.3. The van der Waals surface area contributed by atoms with Gasteiger partial charge >= 0.3 is 0 Å². The van der Waals surface area contributed by atoms with E-state index in [-0.39, 0.29) is 0 Å². The molecule has 3 fully saturated rings. The fourth-order valence-electron chi connectivity index (χ4n) is 4.57. The van der Waals surface area contributed by atoms with E-state index in [0.29, 0.717) is 5.54 Å². The Labute approximate surface area is 116 Å². The maximum atomic E-state index is 6.24. The highest BCUT2D eigenvalue weighted by Gasteiger charge is 2.44. The molecule has 0 spiro atoms. The predicted molar refractivity (Wildman–Crippen MR) is 80.0 cm³/mol. The maximum absolute atomic E-state index is 6.24. The molecule has 0 aromatic rings. The van der Waals surface area contributed by atoms with Crippen LogP contribution in [0.15, 0.2) is 0 Å². The van der Waals surface area contributed by atoms with Crippen LogP contribution in [0.4, 0.5) is 0 Å². The van der Waals surface area contributed by atoms with Crippen molar-refractivity contribution < 1.29 is 0 Å². The van der Waals surface area contributed by atoms with E-state index < -0.39 is 0 Å². The minimum absolute atomic E-state index is 0.367. The molecule has 1 aliphatic carbocycles. The number of nitrogens with zero attached hydrogens (tertiary/aromatic N) is 1. The van der Waals surface area contributed by atoms with Gasteiger partial charge in [0.25, 0.3) is 0 Å². The molecule has 104 valence electrons. The smallest absolute Gasteiger partial charge is 0.0350 e. The van der Waals surface area contributed by atoms with Gasteiger partial charge < -0.3 is 5.73 Å². The molecule has 3 aliphatic rings. The lowest BCUT2D eigenvalue weighted by Gasteiger charge is -2.55. The third kappa shape index (κ3) is 2.34. The number of likely N-dealkylation sites (tertiary alicyclic amines) is 1. The van der Waals surface area contributed by atoms with Gasteiger partial charge in [-0.15, -0.1) is 0 Å². The zero-order chi connectivity index (χ0) is 12.4. The van der Waals surface area contributed by atoms with E-state index in [0.717, 1.165) is 18.5 Å². The van der Waals surface area contributed by atoms with Gasteiger partial charge in [-0.2, -0.15) is 11.8 Å². The van der Waals surface area contributed by atoms with Gasteiger partial charge in [-0.1, -0.05) is 12.8 Å². The second-order valence-corrected chi connectivity index (χ2v) is 7.71. The second kappa shape index (κ2) is 5.72. The average Bonchev–Trinajstić information content (AvgIpc) is 2.47. The quantitative estimate of drug-likeness (QED) is 0.835. The topological polar surface area (TPSA) is 29.3 Å². The highest BCUT2D eigenvalue weighted by atomic mass is 32.2. The molecule has 2 atom stereocenters. The van der Waals surface area contributed by atoms with Crippen LogP contribution in [0.2, 0.25) is 0 Å². The minimum Gasteiger partial charge on any atom is -0.329 e. The SMILES string of the molecule is NCC1(N2CCCC3CCCCC32)CCSCC1. The Kier molecular flexibility index (Phi) is 4.21. The zero-order valence-electron chi connectivity index (χ0n) is 11.6. The molecule has 0 bridgehead atoms. The summed E-state index contributed by atoms with van der Waals surface area (Å²) in [6, 6.07) is 0.874. The molecule has 0 amide bonds. The summed E-state index contributed by atoms with van der Waals surface area (Å²) in [6.45, 7) is 2.21. The van der Waals surface area contributed by atoms with Crippen molar-refractivity contribution >= 4 is 11.8 Å². The molecule has 18 heavy (non-hydrogen) atoms. The van der Waals surface area contributed by atoms with Crippen molar-refractivity contribution in [2.24, 2.45) is 11.7 Å². The van der Waals surface area contributed by atoms with Gasteiger partial charge in [-0.25, -0.2) is 0 Å². The van der Waals surface area contributed by atoms with Crippen LogP contribution in [0.5, 0.6) is 0 Å². The standard InChI is InChI=1S/C15H28N2S/c16-12-15(7-10-18-11-8-15)17-9-3-5-13-4-1-2-6-14(13)17/h13-14H,1-12,16H2. The van der Waals surface area contributed by atoms with Crippen LogP contribution in [-0.4, -0.2) is 41.1 Å².